The van der Waals surface area contributed by atoms with E-state index in [1.165, 1.54) is 16.8 Å². The normalized spacial score (nSPS) is 9.90. The van der Waals surface area contributed by atoms with Gasteiger partial charge in [0.15, 0.2) is 0 Å². The van der Waals surface area contributed by atoms with Crippen LogP contribution in [-0.4, -0.2) is 22.2 Å². The predicted molar refractivity (Wildman–Crippen MR) is 78.2 cm³/mol. The number of nitrogens with zero attached hydrogens (tertiary/aromatic N) is 2. The Balaban J connectivity index is 2.18. The van der Waals surface area contributed by atoms with E-state index in [0.717, 1.165) is 5.69 Å². The molecule has 108 valence electrons. The fraction of sp³-hybridized carbons (Fsp3) is 0.200. The largest absolute Gasteiger partial charge is 0.321 e. The van der Waals surface area contributed by atoms with Crippen LogP contribution in [0.25, 0.3) is 0 Å². The molecule has 21 heavy (non-hydrogen) atoms. The Labute approximate surface area is 122 Å². The first kappa shape index (κ1) is 14.8. The quantitative estimate of drug-likeness (QED) is 0.820. The highest BCUT2D eigenvalue weighted by Gasteiger charge is 2.12. The summed E-state index contributed by atoms with van der Waals surface area (Å²) in [6, 6.07) is 5.97. The van der Waals surface area contributed by atoms with Gasteiger partial charge in [-0.3, -0.25) is 9.48 Å². The fourth-order valence-electron chi connectivity index (χ4n) is 1.86. The van der Waals surface area contributed by atoms with Crippen LogP contribution < -0.4 is 11.1 Å². The third-order valence-electron chi connectivity index (χ3n) is 2.79. The summed E-state index contributed by atoms with van der Waals surface area (Å²) in [5, 5.41) is 6.71. The SMILES string of the molecule is Cc1cc(C(=O)Nc2ccc(C#CCN)c(F)c2)n(C)n1. The lowest BCUT2D eigenvalue weighted by molar-refractivity contribution is 0.101. The van der Waals surface area contributed by atoms with Gasteiger partial charge in [0, 0.05) is 12.7 Å². The molecule has 0 radical (unpaired) electrons. The van der Waals surface area contributed by atoms with Crippen LogP contribution in [0.1, 0.15) is 21.7 Å². The van der Waals surface area contributed by atoms with Crippen LogP contribution in [0, 0.1) is 24.6 Å². The molecule has 0 aliphatic carbocycles. The zero-order chi connectivity index (χ0) is 15.4. The van der Waals surface area contributed by atoms with E-state index in [-0.39, 0.29) is 18.0 Å². The van der Waals surface area contributed by atoms with Crippen LogP contribution >= 0.6 is 0 Å². The van der Waals surface area contributed by atoms with Crippen molar-refractivity contribution < 1.29 is 9.18 Å². The number of carbonyl (C=O) groups is 1. The van der Waals surface area contributed by atoms with Gasteiger partial charge in [-0.05, 0) is 31.2 Å². The monoisotopic (exact) mass is 286 g/mol. The molecule has 0 bridgehead atoms. The number of hydrogen-bond acceptors (Lipinski definition) is 3. The van der Waals surface area contributed by atoms with Gasteiger partial charge in [-0.25, -0.2) is 4.39 Å². The molecule has 2 aromatic rings. The van der Waals surface area contributed by atoms with Gasteiger partial charge in [-0.2, -0.15) is 5.10 Å². The number of hydrogen-bond donors (Lipinski definition) is 2. The summed E-state index contributed by atoms with van der Waals surface area (Å²) in [4.78, 5) is 12.1. The van der Waals surface area contributed by atoms with Crippen molar-refractivity contribution in [3.8, 4) is 11.8 Å². The minimum Gasteiger partial charge on any atom is -0.321 e. The maximum atomic E-state index is 13.8. The smallest absolute Gasteiger partial charge is 0.273 e. The van der Waals surface area contributed by atoms with E-state index in [0.29, 0.717) is 11.4 Å². The molecule has 1 aromatic heterocycles. The van der Waals surface area contributed by atoms with Crippen LogP contribution in [-0.2, 0) is 7.05 Å². The average Bonchev–Trinajstić information content (AvgIpc) is 2.77. The van der Waals surface area contributed by atoms with E-state index < -0.39 is 5.82 Å². The van der Waals surface area contributed by atoms with Crippen LogP contribution in [0.5, 0.6) is 0 Å². The molecular weight excluding hydrogens is 271 g/mol. The summed E-state index contributed by atoms with van der Waals surface area (Å²) in [6.45, 7) is 1.96. The molecule has 5 nitrogen and oxygen atoms in total. The molecule has 1 aromatic carbocycles. The molecule has 0 fully saturated rings. The second-order valence-electron chi connectivity index (χ2n) is 4.45. The summed E-state index contributed by atoms with van der Waals surface area (Å²) in [6.07, 6.45) is 0. The number of nitrogens with two attached hydrogens (primary N) is 1. The van der Waals surface area contributed by atoms with Gasteiger partial charge in [-0.1, -0.05) is 11.8 Å². The number of nitrogens with one attached hydrogen (secondary N) is 1. The van der Waals surface area contributed by atoms with E-state index >= 15 is 0 Å². The Kier molecular flexibility index (Phi) is 4.36. The number of benzene rings is 1. The first-order valence-electron chi connectivity index (χ1n) is 6.31. The Morgan fingerprint density at radius 2 is 2.24 bits per heavy atom. The molecule has 0 atom stereocenters. The zero-order valence-corrected chi connectivity index (χ0v) is 11.8. The number of amides is 1. The maximum absolute atomic E-state index is 13.8. The average molecular weight is 286 g/mol. The topological polar surface area (TPSA) is 72.9 Å². The molecule has 1 heterocycles. The zero-order valence-electron chi connectivity index (χ0n) is 11.8. The van der Waals surface area contributed by atoms with Crippen molar-refractivity contribution in [2.45, 2.75) is 6.92 Å². The Morgan fingerprint density at radius 3 is 2.81 bits per heavy atom. The lowest BCUT2D eigenvalue weighted by Gasteiger charge is -2.06. The second-order valence-corrected chi connectivity index (χ2v) is 4.45. The van der Waals surface area contributed by atoms with Gasteiger partial charge in [0.2, 0.25) is 0 Å². The predicted octanol–water partition coefficient (Wildman–Crippen LogP) is 1.43. The van der Waals surface area contributed by atoms with Crippen molar-refractivity contribution in [3.05, 3.63) is 47.0 Å². The van der Waals surface area contributed by atoms with Gasteiger partial charge in [-0.15, -0.1) is 0 Å². The van der Waals surface area contributed by atoms with Crippen molar-refractivity contribution in [1.29, 1.82) is 0 Å². The molecule has 0 aliphatic rings. The summed E-state index contributed by atoms with van der Waals surface area (Å²) in [7, 11) is 1.67. The van der Waals surface area contributed by atoms with Crippen molar-refractivity contribution in [2.75, 3.05) is 11.9 Å². The van der Waals surface area contributed by atoms with Gasteiger partial charge < -0.3 is 11.1 Å². The number of halogens is 1. The number of anilines is 1. The molecule has 6 heteroatoms. The van der Waals surface area contributed by atoms with Gasteiger partial charge in [0.05, 0.1) is 17.8 Å². The molecule has 0 saturated heterocycles. The molecule has 2 rings (SSSR count). The second kappa shape index (κ2) is 6.20. The number of aryl methyl sites for hydroxylation is 2. The number of rotatable bonds is 2. The Hall–Kier alpha value is -2.65. The van der Waals surface area contributed by atoms with Crippen molar-refractivity contribution in [1.82, 2.24) is 9.78 Å². The van der Waals surface area contributed by atoms with Crippen LogP contribution in [0.4, 0.5) is 10.1 Å². The lowest BCUT2D eigenvalue weighted by Crippen LogP contribution is -2.16. The minimum atomic E-state index is -0.505. The fourth-order valence-corrected chi connectivity index (χ4v) is 1.86. The van der Waals surface area contributed by atoms with Crippen molar-refractivity contribution in [3.63, 3.8) is 0 Å². The summed E-state index contributed by atoms with van der Waals surface area (Å²) in [5.41, 5.74) is 6.98. The molecule has 0 aliphatic heterocycles. The highest BCUT2D eigenvalue weighted by molar-refractivity contribution is 6.03. The van der Waals surface area contributed by atoms with E-state index in [2.05, 4.69) is 22.3 Å². The van der Waals surface area contributed by atoms with Crippen molar-refractivity contribution in [2.24, 2.45) is 12.8 Å². The molecular formula is C15H15FN4O. The van der Waals surface area contributed by atoms with E-state index in [1.807, 2.05) is 0 Å². The summed E-state index contributed by atoms with van der Waals surface area (Å²) >= 11 is 0. The number of carbonyl (C=O) groups excluding carboxylic acids is 1. The molecule has 3 N–H and O–H groups in total. The van der Waals surface area contributed by atoms with Gasteiger partial charge >= 0.3 is 0 Å². The van der Waals surface area contributed by atoms with Crippen LogP contribution in [0.15, 0.2) is 24.3 Å². The van der Waals surface area contributed by atoms with E-state index in [9.17, 15) is 9.18 Å². The third-order valence-corrected chi connectivity index (χ3v) is 2.79. The highest BCUT2D eigenvalue weighted by Crippen LogP contribution is 2.15. The molecule has 0 saturated carbocycles. The lowest BCUT2D eigenvalue weighted by atomic mass is 10.2. The molecule has 0 unspecified atom stereocenters. The third kappa shape index (κ3) is 3.46. The Morgan fingerprint density at radius 1 is 1.48 bits per heavy atom. The highest BCUT2D eigenvalue weighted by atomic mass is 19.1. The van der Waals surface area contributed by atoms with E-state index in [4.69, 9.17) is 5.73 Å². The first-order chi connectivity index (χ1) is 10.0. The number of aromatic nitrogens is 2. The van der Waals surface area contributed by atoms with E-state index in [1.54, 1.807) is 26.1 Å². The molecule has 1 amide bonds. The summed E-state index contributed by atoms with van der Waals surface area (Å²) in [5.74, 6) is 4.35. The standard InChI is InChI=1S/C15H15FN4O/c1-10-8-14(20(2)19-10)15(21)18-12-6-5-11(4-3-7-17)13(16)9-12/h5-6,8-9H,7,17H2,1-2H3,(H,18,21). The first-order valence-corrected chi connectivity index (χ1v) is 6.31. The molecule has 0 spiro atoms. The van der Waals surface area contributed by atoms with Crippen molar-refractivity contribution >= 4 is 11.6 Å². The van der Waals surface area contributed by atoms with Gasteiger partial charge in [0.25, 0.3) is 5.91 Å². The van der Waals surface area contributed by atoms with Crippen LogP contribution in [0.3, 0.4) is 0 Å². The Bertz CT molecular complexity index is 740. The summed E-state index contributed by atoms with van der Waals surface area (Å²) < 4.78 is 15.3. The van der Waals surface area contributed by atoms with Gasteiger partial charge in [0.1, 0.15) is 11.5 Å². The maximum Gasteiger partial charge on any atom is 0.273 e. The minimum absolute atomic E-state index is 0.164. The van der Waals surface area contributed by atoms with Crippen LogP contribution in [0.2, 0.25) is 0 Å².